The second-order valence-corrected chi connectivity index (χ2v) is 6.16. The predicted molar refractivity (Wildman–Crippen MR) is 87.6 cm³/mol. The fraction of sp³-hybridized carbons (Fsp3) is 0.500. The standard InChI is InChI=1S/C16H21N5O2/c1-12-8-17-10-21(16(12)23)9-13-3-5-20(6-4-13)14-7-15(22)19(2)11-18-14/h7-8,10-11,13H,3-6,9H2,1-2H3. The van der Waals surface area contributed by atoms with E-state index in [9.17, 15) is 9.59 Å². The zero-order valence-electron chi connectivity index (χ0n) is 13.5. The molecule has 3 heterocycles. The van der Waals surface area contributed by atoms with Gasteiger partial charge in [-0.1, -0.05) is 0 Å². The summed E-state index contributed by atoms with van der Waals surface area (Å²) in [5, 5.41) is 0. The van der Waals surface area contributed by atoms with Crippen LogP contribution in [-0.4, -0.2) is 32.2 Å². The minimum absolute atomic E-state index is 0.0376. The van der Waals surface area contributed by atoms with Crippen molar-refractivity contribution in [2.75, 3.05) is 18.0 Å². The summed E-state index contributed by atoms with van der Waals surface area (Å²) in [6.45, 7) is 4.18. The molecule has 1 saturated heterocycles. The molecule has 7 nitrogen and oxygen atoms in total. The van der Waals surface area contributed by atoms with Crippen molar-refractivity contribution in [2.45, 2.75) is 26.3 Å². The molecule has 1 aliphatic heterocycles. The Hall–Kier alpha value is -2.44. The van der Waals surface area contributed by atoms with Gasteiger partial charge in [0.05, 0.1) is 12.7 Å². The summed E-state index contributed by atoms with van der Waals surface area (Å²) in [7, 11) is 1.69. The van der Waals surface area contributed by atoms with Gasteiger partial charge in [-0.05, 0) is 25.7 Å². The van der Waals surface area contributed by atoms with Gasteiger partial charge in [-0.15, -0.1) is 0 Å². The van der Waals surface area contributed by atoms with E-state index in [2.05, 4.69) is 14.9 Å². The van der Waals surface area contributed by atoms with E-state index in [1.807, 2.05) is 0 Å². The number of hydrogen-bond acceptors (Lipinski definition) is 5. The van der Waals surface area contributed by atoms with Gasteiger partial charge in [0.15, 0.2) is 0 Å². The molecule has 0 N–H and O–H groups in total. The lowest BCUT2D eigenvalue weighted by Gasteiger charge is -2.32. The van der Waals surface area contributed by atoms with Crippen LogP contribution in [0.3, 0.4) is 0 Å². The quantitative estimate of drug-likeness (QED) is 0.827. The first-order valence-corrected chi connectivity index (χ1v) is 7.83. The normalized spacial score (nSPS) is 15.8. The zero-order valence-corrected chi connectivity index (χ0v) is 13.5. The molecule has 3 rings (SSSR count). The highest BCUT2D eigenvalue weighted by molar-refractivity contribution is 5.36. The Morgan fingerprint density at radius 2 is 1.96 bits per heavy atom. The molecule has 0 bridgehead atoms. The van der Waals surface area contributed by atoms with Gasteiger partial charge < -0.3 is 9.47 Å². The van der Waals surface area contributed by atoms with E-state index in [1.54, 1.807) is 43.5 Å². The molecule has 0 radical (unpaired) electrons. The van der Waals surface area contributed by atoms with E-state index < -0.39 is 0 Å². The predicted octanol–water partition coefficient (Wildman–Crippen LogP) is 0.562. The molecule has 2 aromatic rings. The van der Waals surface area contributed by atoms with E-state index in [-0.39, 0.29) is 11.1 Å². The number of aryl methyl sites for hydroxylation is 2. The van der Waals surface area contributed by atoms with Crippen LogP contribution in [0.2, 0.25) is 0 Å². The maximum Gasteiger partial charge on any atom is 0.256 e. The number of nitrogens with zero attached hydrogens (tertiary/aromatic N) is 5. The summed E-state index contributed by atoms with van der Waals surface area (Å²) >= 11 is 0. The monoisotopic (exact) mass is 315 g/mol. The molecule has 1 fully saturated rings. The molecule has 0 spiro atoms. The second kappa shape index (κ2) is 6.36. The van der Waals surface area contributed by atoms with Crippen LogP contribution in [0.25, 0.3) is 0 Å². The Bertz CT molecular complexity index is 803. The lowest BCUT2D eigenvalue weighted by atomic mass is 9.96. The molecule has 122 valence electrons. The number of rotatable bonds is 3. The topological polar surface area (TPSA) is 73.0 Å². The Kier molecular flexibility index (Phi) is 4.27. The molecule has 23 heavy (non-hydrogen) atoms. The van der Waals surface area contributed by atoms with Crippen molar-refractivity contribution >= 4 is 5.82 Å². The van der Waals surface area contributed by atoms with Gasteiger partial charge in [0.25, 0.3) is 11.1 Å². The summed E-state index contributed by atoms with van der Waals surface area (Å²) in [5.74, 6) is 1.18. The number of piperidine rings is 1. The average molecular weight is 315 g/mol. The van der Waals surface area contributed by atoms with Gasteiger partial charge in [-0.2, -0.15) is 0 Å². The van der Waals surface area contributed by atoms with Crippen LogP contribution in [0.15, 0.2) is 34.5 Å². The zero-order chi connectivity index (χ0) is 16.4. The Morgan fingerprint density at radius 3 is 2.65 bits per heavy atom. The summed E-state index contributed by atoms with van der Waals surface area (Å²) < 4.78 is 3.17. The van der Waals surface area contributed by atoms with Gasteiger partial charge in [0, 0.05) is 44.5 Å². The lowest BCUT2D eigenvalue weighted by molar-refractivity contribution is 0.349. The largest absolute Gasteiger partial charge is 0.356 e. The first-order valence-electron chi connectivity index (χ1n) is 7.83. The van der Waals surface area contributed by atoms with Gasteiger partial charge >= 0.3 is 0 Å². The highest BCUT2D eigenvalue weighted by Crippen LogP contribution is 2.21. The van der Waals surface area contributed by atoms with Crippen molar-refractivity contribution in [3.05, 3.63) is 51.2 Å². The molecule has 0 saturated carbocycles. The van der Waals surface area contributed by atoms with Crippen molar-refractivity contribution in [3.63, 3.8) is 0 Å². The number of aromatic nitrogens is 4. The Balaban J connectivity index is 1.64. The first kappa shape index (κ1) is 15.5. The molecule has 1 aliphatic rings. The van der Waals surface area contributed by atoms with E-state index in [1.165, 1.54) is 4.57 Å². The van der Waals surface area contributed by atoms with Crippen molar-refractivity contribution in [3.8, 4) is 0 Å². The van der Waals surface area contributed by atoms with Gasteiger partial charge in [-0.3, -0.25) is 14.2 Å². The maximum absolute atomic E-state index is 12.1. The fourth-order valence-corrected chi connectivity index (χ4v) is 2.94. The van der Waals surface area contributed by atoms with E-state index in [0.29, 0.717) is 18.0 Å². The molecule has 0 amide bonds. The average Bonchev–Trinajstić information content (AvgIpc) is 2.55. The van der Waals surface area contributed by atoms with Crippen molar-refractivity contribution in [2.24, 2.45) is 13.0 Å². The number of anilines is 1. The minimum atomic E-state index is -0.0467. The van der Waals surface area contributed by atoms with Crippen LogP contribution in [0.5, 0.6) is 0 Å². The third kappa shape index (κ3) is 3.33. The number of hydrogen-bond donors (Lipinski definition) is 0. The SMILES string of the molecule is Cc1cncn(CC2CCN(c3cc(=O)n(C)cn3)CC2)c1=O. The van der Waals surface area contributed by atoms with Gasteiger partial charge in [-0.25, -0.2) is 9.97 Å². The molecule has 0 atom stereocenters. The lowest BCUT2D eigenvalue weighted by Crippen LogP contribution is -2.37. The minimum Gasteiger partial charge on any atom is -0.356 e. The highest BCUT2D eigenvalue weighted by Gasteiger charge is 2.21. The van der Waals surface area contributed by atoms with Gasteiger partial charge in [0.1, 0.15) is 5.82 Å². The van der Waals surface area contributed by atoms with Crippen LogP contribution >= 0.6 is 0 Å². The van der Waals surface area contributed by atoms with Crippen LogP contribution in [0.4, 0.5) is 5.82 Å². The Morgan fingerprint density at radius 1 is 1.22 bits per heavy atom. The molecular formula is C16H21N5O2. The van der Waals surface area contributed by atoms with Crippen LogP contribution in [0.1, 0.15) is 18.4 Å². The molecule has 2 aromatic heterocycles. The molecule has 7 heteroatoms. The van der Waals surface area contributed by atoms with Gasteiger partial charge in [0.2, 0.25) is 0 Å². The fourth-order valence-electron chi connectivity index (χ4n) is 2.94. The summed E-state index contributed by atoms with van der Waals surface area (Å²) in [6.07, 6.45) is 6.71. The summed E-state index contributed by atoms with van der Waals surface area (Å²) in [4.78, 5) is 34.3. The van der Waals surface area contributed by atoms with Crippen molar-refractivity contribution < 1.29 is 0 Å². The third-order valence-corrected chi connectivity index (χ3v) is 4.43. The van der Waals surface area contributed by atoms with Crippen LogP contribution in [-0.2, 0) is 13.6 Å². The van der Waals surface area contributed by atoms with E-state index in [0.717, 1.165) is 31.7 Å². The maximum atomic E-state index is 12.1. The first-order chi connectivity index (χ1) is 11.0. The van der Waals surface area contributed by atoms with Crippen LogP contribution < -0.4 is 16.0 Å². The second-order valence-electron chi connectivity index (χ2n) is 6.16. The van der Waals surface area contributed by atoms with Crippen molar-refractivity contribution in [1.82, 2.24) is 19.1 Å². The molecule has 0 aliphatic carbocycles. The third-order valence-electron chi connectivity index (χ3n) is 4.43. The molecule has 0 aromatic carbocycles. The Labute approximate surface area is 134 Å². The van der Waals surface area contributed by atoms with E-state index >= 15 is 0 Å². The smallest absolute Gasteiger partial charge is 0.256 e. The van der Waals surface area contributed by atoms with E-state index in [4.69, 9.17) is 0 Å². The van der Waals surface area contributed by atoms with Crippen molar-refractivity contribution in [1.29, 1.82) is 0 Å². The highest BCUT2D eigenvalue weighted by atomic mass is 16.1. The molecular weight excluding hydrogens is 294 g/mol. The molecule has 0 unspecified atom stereocenters. The summed E-state index contributed by atoms with van der Waals surface area (Å²) in [5.41, 5.74) is 0.666. The van der Waals surface area contributed by atoms with Crippen LogP contribution in [0, 0.1) is 12.8 Å². The summed E-state index contributed by atoms with van der Waals surface area (Å²) in [6, 6.07) is 1.58.